The first-order valence-electron chi connectivity index (χ1n) is 10.9. The highest BCUT2D eigenvalue weighted by Crippen LogP contribution is 2.40. The number of thiazole rings is 1. The Morgan fingerprint density at radius 1 is 1.12 bits per heavy atom. The lowest BCUT2D eigenvalue weighted by molar-refractivity contribution is 0.438. The van der Waals surface area contributed by atoms with Crippen molar-refractivity contribution in [2.24, 2.45) is 5.10 Å². The fourth-order valence-electron chi connectivity index (χ4n) is 4.06. The van der Waals surface area contributed by atoms with E-state index in [-0.39, 0.29) is 17.4 Å². The van der Waals surface area contributed by atoms with Crippen molar-refractivity contribution >= 4 is 27.9 Å². The van der Waals surface area contributed by atoms with E-state index >= 15 is 0 Å². The average molecular weight is 473 g/mol. The van der Waals surface area contributed by atoms with Crippen molar-refractivity contribution in [3.63, 3.8) is 0 Å². The van der Waals surface area contributed by atoms with Crippen molar-refractivity contribution in [3.8, 4) is 17.0 Å². The van der Waals surface area contributed by atoms with Crippen LogP contribution >= 0.6 is 11.3 Å². The molecule has 0 aliphatic carbocycles. The summed E-state index contributed by atoms with van der Waals surface area (Å²) >= 11 is 1.37. The Morgan fingerprint density at radius 2 is 1.85 bits per heavy atom. The van der Waals surface area contributed by atoms with Gasteiger partial charge in [0.1, 0.15) is 17.1 Å². The first-order valence-corrected chi connectivity index (χ1v) is 11.8. The summed E-state index contributed by atoms with van der Waals surface area (Å²) in [5.41, 5.74) is 4.10. The third-order valence-corrected chi connectivity index (χ3v) is 6.64. The van der Waals surface area contributed by atoms with E-state index in [1.807, 2.05) is 37.3 Å². The number of hydrogen-bond acceptors (Lipinski definition) is 8. The molecule has 1 aliphatic heterocycles. The summed E-state index contributed by atoms with van der Waals surface area (Å²) in [4.78, 5) is 19.1. The summed E-state index contributed by atoms with van der Waals surface area (Å²) in [6, 6.07) is 19.9. The van der Waals surface area contributed by atoms with Crippen LogP contribution < -0.4 is 15.5 Å². The molecule has 1 N–H and O–H groups in total. The van der Waals surface area contributed by atoms with Gasteiger partial charge in [0.05, 0.1) is 17.4 Å². The SMILES string of the molecule is Cc1cc(O)c(-c2csc(N3N=C(c4ccccc4)CC3c3ccc(N(C)C)cc3)n2)c(=O)o1. The fourth-order valence-corrected chi connectivity index (χ4v) is 4.88. The molecule has 0 radical (unpaired) electrons. The fraction of sp³-hybridized carbons (Fsp3) is 0.192. The minimum Gasteiger partial charge on any atom is -0.507 e. The summed E-state index contributed by atoms with van der Waals surface area (Å²) in [6.45, 7) is 1.62. The topological polar surface area (TPSA) is 82.2 Å². The predicted molar refractivity (Wildman–Crippen MR) is 136 cm³/mol. The molecule has 7 nitrogen and oxygen atoms in total. The van der Waals surface area contributed by atoms with Crippen LogP contribution in [0.1, 0.15) is 29.3 Å². The van der Waals surface area contributed by atoms with Crippen LogP contribution in [0.15, 0.2) is 80.4 Å². The lowest BCUT2D eigenvalue weighted by Gasteiger charge is -2.22. The predicted octanol–water partition coefficient (Wildman–Crippen LogP) is 5.20. The van der Waals surface area contributed by atoms with E-state index in [0.717, 1.165) is 28.9 Å². The molecular formula is C26H24N4O3S. The number of hydrazone groups is 1. The zero-order valence-electron chi connectivity index (χ0n) is 19.1. The Balaban J connectivity index is 1.55. The number of aryl methyl sites for hydroxylation is 1. The largest absolute Gasteiger partial charge is 0.507 e. The zero-order valence-corrected chi connectivity index (χ0v) is 19.9. The van der Waals surface area contributed by atoms with Gasteiger partial charge in [0.15, 0.2) is 0 Å². The lowest BCUT2D eigenvalue weighted by atomic mass is 9.98. The molecule has 172 valence electrons. The van der Waals surface area contributed by atoms with E-state index in [1.54, 1.807) is 12.3 Å². The number of benzene rings is 2. The molecule has 3 heterocycles. The Morgan fingerprint density at radius 3 is 2.53 bits per heavy atom. The third-order valence-electron chi connectivity index (χ3n) is 5.81. The van der Waals surface area contributed by atoms with Crippen molar-refractivity contribution in [2.45, 2.75) is 19.4 Å². The molecule has 2 aromatic carbocycles. The monoisotopic (exact) mass is 472 g/mol. The summed E-state index contributed by atoms with van der Waals surface area (Å²) in [5.74, 6) is 0.205. The minimum absolute atomic E-state index is 0.0477. The molecular weight excluding hydrogens is 448 g/mol. The van der Waals surface area contributed by atoms with Crippen LogP contribution in [0.4, 0.5) is 10.8 Å². The normalized spacial score (nSPS) is 15.4. The van der Waals surface area contributed by atoms with Crippen LogP contribution in [0.3, 0.4) is 0 Å². The van der Waals surface area contributed by atoms with Gasteiger partial charge < -0.3 is 14.4 Å². The summed E-state index contributed by atoms with van der Waals surface area (Å²) in [5, 5.41) is 19.6. The zero-order chi connectivity index (χ0) is 23.8. The van der Waals surface area contributed by atoms with Crippen LogP contribution in [0.2, 0.25) is 0 Å². The van der Waals surface area contributed by atoms with Crippen LogP contribution in [0.5, 0.6) is 5.75 Å². The molecule has 0 saturated carbocycles. The van der Waals surface area contributed by atoms with Gasteiger partial charge in [0.25, 0.3) is 0 Å². The van der Waals surface area contributed by atoms with E-state index in [1.165, 1.54) is 17.4 Å². The Bertz CT molecular complexity index is 1410. The van der Waals surface area contributed by atoms with Gasteiger partial charge in [0, 0.05) is 37.6 Å². The van der Waals surface area contributed by atoms with Crippen LogP contribution in [-0.4, -0.2) is 29.9 Å². The van der Waals surface area contributed by atoms with Crippen molar-refractivity contribution in [1.82, 2.24) is 4.98 Å². The highest BCUT2D eigenvalue weighted by molar-refractivity contribution is 7.14. The first kappa shape index (κ1) is 21.9. The maximum Gasteiger partial charge on any atom is 0.349 e. The summed E-state index contributed by atoms with van der Waals surface area (Å²) < 4.78 is 5.18. The summed E-state index contributed by atoms with van der Waals surface area (Å²) in [7, 11) is 4.03. The number of nitrogens with zero attached hydrogens (tertiary/aromatic N) is 4. The molecule has 4 aromatic rings. The van der Waals surface area contributed by atoms with E-state index in [0.29, 0.717) is 16.6 Å². The molecule has 8 heteroatoms. The van der Waals surface area contributed by atoms with E-state index in [9.17, 15) is 9.90 Å². The average Bonchev–Trinajstić information content (AvgIpc) is 3.47. The first-order chi connectivity index (χ1) is 16.4. The van der Waals surface area contributed by atoms with Gasteiger partial charge in [-0.3, -0.25) is 0 Å². The lowest BCUT2D eigenvalue weighted by Crippen LogP contribution is -2.18. The highest BCUT2D eigenvalue weighted by Gasteiger charge is 2.32. The maximum absolute atomic E-state index is 12.4. The smallest absolute Gasteiger partial charge is 0.349 e. The van der Waals surface area contributed by atoms with Gasteiger partial charge in [-0.1, -0.05) is 42.5 Å². The van der Waals surface area contributed by atoms with Gasteiger partial charge >= 0.3 is 5.63 Å². The van der Waals surface area contributed by atoms with Gasteiger partial charge in [-0.25, -0.2) is 14.8 Å². The molecule has 34 heavy (non-hydrogen) atoms. The number of rotatable bonds is 5. The Kier molecular flexibility index (Phi) is 5.67. The second-order valence-electron chi connectivity index (χ2n) is 8.38. The molecule has 0 saturated heterocycles. The molecule has 2 aromatic heterocycles. The molecule has 0 fully saturated rings. The molecule has 1 unspecified atom stereocenters. The number of aromatic nitrogens is 1. The van der Waals surface area contributed by atoms with Crippen molar-refractivity contribution < 1.29 is 9.52 Å². The molecule has 0 bridgehead atoms. The molecule has 0 amide bonds. The van der Waals surface area contributed by atoms with Crippen LogP contribution in [0.25, 0.3) is 11.3 Å². The number of anilines is 2. The third kappa shape index (κ3) is 4.08. The van der Waals surface area contributed by atoms with Crippen molar-refractivity contribution in [2.75, 3.05) is 24.0 Å². The molecule has 0 spiro atoms. The summed E-state index contributed by atoms with van der Waals surface area (Å²) in [6.07, 6.45) is 0.720. The quantitative estimate of drug-likeness (QED) is 0.430. The Labute approximate surface area is 201 Å². The Hall–Kier alpha value is -3.91. The van der Waals surface area contributed by atoms with Crippen molar-refractivity contribution in [3.05, 3.63) is 93.4 Å². The van der Waals surface area contributed by atoms with E-state index < -0.39 is 5.63 Å². The standard InChI is InChI=1S/C26H24N4O3S/c1-16-13-23(31)24(25(32)33-16)21-15-34-26(27-21)30-22(18-9-11-19(12-10-18)29(2)3)14-20(28-30)17-7-5-4-6-8-17/h4-13,15,22,31H,14H2,1-3H3. The van der Waals surface area contributed by atoms with Crippen molar-refractivity contribution in [1.29, 1.82) is 0 Å². The molecule has 5 rings (SSSR count). The molecule has 1 aliphatic rings. The van der Waals surface area contributed by atoms with Gasteiger partial charge in [-0.15, -0.1) is 11.3 Å². The highest BCUT2D eigenvalue weighted by atomic mass is 32.1. The van der Waals surface area contributed by atoms with Gasteiger partial charge in [-0.2, -0.15) is 5.10 Å². The van der Waals surface area contributed by atoms with E-state index in [4.69, 9.17) is 9.52 Å². The van der Waals surface area contributed by atoms with Gasteiger partial charge in [0.2, 0.25) is 5.13 Å². The van der Waals surface area contributed by atoms with Gasteiger partial charge in [-0.05, 0) is 30.2 Å². The van der Waals surface area contributed by atoms with Crippen LogP contribution in [0, 0.1) is 6.92 Å². The molecule has 1 atom stereocenters. The second-order valence-corrected chi connectivity index (χ2v) is 9.22. The van der Waals surface area contributed by atoms with E-state index in [2.05, 4.69) is 46.3 Å². The maximum atomic E-state index is 12.4. The van der Waals surface area contributed by atoms with Crippen LogP contribution in [-0.2, 0) is 0 Å². The second kappa shape index (κ2) is 8.79. The number of aromatic hydroxyl groups is 1. The number of hydrogen-bond donors (Lipinski definition) is 1. The minimum atomic E-state index is -0.611.